The lowest BCUT2D eigenvalue weighted by Crippen LogP contribution is -2.41. The summed E-state index contributed by atoms with van der Waals surface area (Å²) < 4.78 is 0. The normalized spacial score (nSPS) is 18.8. The van der Waals surface area contributed by atoms with Gasteiger partial charge in [-0.2, -0.15) is 10.1 Å². The maximum Gasteiger partial charge on any atom is 0.227 e. The number of rotatable bonds is 5. The number of piperidine rings is 1. The number of aromatic nitrogens is 4. The minimum Gasteiger partial charge on any atom is -0.341 e. The second kappa shape index (κ2) is 6.16. The van der Waals surface area contributed by atoms with E-state index in [0.29, 0.717) is 12.0 Å². The molecular weight excluding hydrogens is 290 g/mol. The summed E-state index contributed by atoms with van der Waals surface area (Å²) in [7, 11) is 2.08. The number of anilines is 3. The fraction of sp³-hybridized carbons (Fsp3) is 0.562. The molecule has 0 aromatic carbocycles. The van der Waals surface area contributed by atoms with Gasteiger partial charge in [-0.1, -0.05) is 0 Å². The lowest BCUT2D eigenvalue weighted by atomic mass is 10.1. The molecule has 0 radical (unpaired) electrons. The van der Waals surface area contributed by atoms with Gasteiger partial charge in [-0.3, -0.25) is 5.10 Å². The van der Waals surface area contributed by atoms with Crippen molar-refractivity contribution in [3.8, 4) is 0 Å². The van der Waals surface area contributed by atoms with Gasteiger partial charge in [0.05, 0.1) is 0 Å². The van der Waals surface area contributed by atoms with E-state index >= 15 is 0 Å². The molecule has 2 aromatic heterocycles. The molecule has 7 nitrogen and oxygen atoms in total. The molecule has 0 atom stereocenters. The van der Waals surface area contributed by atoms with Crippen LogP contribution >= 0.6 is 0 Å². The molecule has 0 spiro atoms. The maximum absolute atomic E-state index is 4.64. The molecular formula is C16H23N7. The average Bonchev–Trinajstić information content (AvgIpc) is 3.35. The molecule has 0 amide bonds. The quantitative estimate of drug-likeness (QED) is 0.783. The van der Waals surface area contributed by atoms with Crippen LogP contribution in [0.25, 0.3) is 0 Å². The van der Waals surface area contributed by atoms with Gasteiger partial charge in [0.25, 0.3) is 0 Å². The van der Waals surface area contributed by atoms with Crippen LogP contribution in [0.15, 0.2) is 18.3 Å². The van der Waals surface area contributed by atoms with Gasteiger partial charge in [0.1, 0.15) is 5.82 Å². The van der Waals surface area contributed by atoms with Gasteiger partial charge in [-0.05, 0) is 44.8 Å². The summed E-state index contributed by atoms with van der Waals surface area (Å²) in [5.41, 5.74) is 1.22. The first-order chi connectivity index (χ1) is 11.3. The molecule has 7 heteroatoms. The van der Waals surface area contributed by atoms with E-state index in [1.807, 2.05) is 6.07 Å². The zero-order valence-corrected chi connectivity index (χ0v) is 13.4. The Morgan fingerprint density at radius 1 is 1.17 bits per heavy atom. The highest BCUT2D eigenvalue weighted by Gasteiger charge is 2.25. The van der Waals surface area contributed by atoms with Gasteiger partial charge in [0.15, 0.2) is 5.82 Å². The first-order valence-corrected chi connectivity index (χ1v) is 8.38. The molecule has 3 N–H and O–H groups in total. The Bertz CT molecular complexity index is 658. The number of nitrogens with zero attached hydrogens (tertiary/aromatic N) is 4. The summed E-state index contributed by atoms with van der Waals surface area (Å²) in [4.78, 5) is 11.3. The van der Waals surface area contributed by atoms with Gasteiger partial charge in [-0.25, -0.2) is 4.98 Å². The Labute approximate surface area is 135 Å². The number of nitrogens with one attached hydrogen (secondary N) is 3. The second-order valence-electron chi connectivity index (χ2n) is 6.44. The molecule has 0 unspecified atom stereocenters. The molecule has 23 heavy (non-hydrogen) atoms. The van der Waals surface area contributed by atoms with Crippen LogP contribution in [0.4, 0.5) is 17.6 Å². The van der Waals surface area contributed by atoms with E-state index in [1.165, 1.54) is 18.5 Å². The summed E-state index contributed by atoms with van der Waals surface area (Å²) >= 11 is 0. The fourth-order valence-corrected chi connectivity index (χ4v) is 3.08. The number of aromatic amines is 1. The van der Waals surface area contributed by atoms with E-state index in [4.69, 9.17) is 0 Å². The smallest absolute Gasteiger partial charge is 0.227 e. The van der Waals surface area contributed by atoms with Crippen LogP contribution in [-0.4, -0.2) is 46.3 Å². The third kappa shape index (κ3) is 3.29. The summed E-state index contributed by atoms with van der Waals surface area (Å²) in [6.45, 7) is 2.12. The molecule has 122 valence electrons. The van der Waals surface area contributed by atoms with Gasteiger partial charge in [-0.15, -0.1) is 0 Å². The van der Waals surface area contributed by atoms with Gasteiger partial charge < -0.3 is 15.5 Å². The van der Waals surface area contributed by atoms with Gasteiger partial charge in [0, 0.05) is 37.0 Å². The summed E-state index contributed by atoms with van der Waals surface area (Å²) in [6.07, 6.45) is 6.58. The van der Waals surface area contributed by atoms with Crippen LogP contribution in [0, 0.1) is 0 Å². The minimum absolute atomic E-state index is 0.498. The van der Waals surface area contributed by atoms with Crippen LogP contribution in [0.5, 0.6) is 0 Å². The first-order valence-electron chi connectivity index (χ1n) is 8.38. The average molecular weight is 313 g/mol. The van der Waals surface area contributed by atoms with E-state index in [2.05, 4.69) is 48.8 Å². The van der Waals surface area contributed by atoms with E-state index in [9.17, 15) is 0 Å². The Morgan fingerprint density at radius 2 is 2.00 bits per heavy atom. The van der Waals surface area contributed by atoms with Crippen LogP contribution in [0.3, 0.4) is 0 Å². The SMILES string of the molecule is CN(c1nccc(Nc2cc(C3CC3)[nH]n2)n1)C1CCNCC1. The largest absolute Gasteiger partial charge is 0.341 e. The lowest BCUT2D eigenvalue weighted by molar-refractivity contribution is 0.440. The Hall–Kier alpha value is -2.15. The van der Waals surface area contributed by atoms with Crippen molar-refractivity contribution in [1.82, 2.24) is 25.5 Å². The molecule has 1 saturated carbocycles. The summed E-state index contributed by atoms with van der Waals surface area (Å²) in [5.74, 6) is 3.04. The van der Waals surface area contributed by atoms with Crippen molar-refractivity contribution in [2.24, 2.45) is 0 Å². The predicted molar refractivity (Wildman–Crippen MR) is 90.2 cm³/mol. The highest BCUT2D eigenvalue weighted by molar-refractivity contribution is 5.53. The lowest BCUT2D eigenvalue weighted by Gasteiger charge is -2.31. The standard InChI is InChI=1S/C16H23N7/c1-23(12-4-7-17-8-5-12)16-18-9-6-14(20-16)19-15-10-13(21-22-15)11-2-3-11/h6,9-12,17H,2-5,7-8H2,1H3,(H2,18,19,20,21,22). The van der Waals surface area contributed by atoms with Crippen molar-refractivity contribution in [3.05, 3.63) is 24.0 Å². The molecule has 2 aliphatic rings. The second-order valence-corrected chi connectivity index (χ2v) is 6.44. The molecule has 4 rings (SSSR count). The van der Waals surface area contributed by atoms with E-state index in [0.717, 1.165) is 43.5 Å². The third-order valence-corrected chi connectivity index (χ3v) is 4.69. The topological polar surface area (TPSA) is 81.8 Å². The molecule has 1 aliphatic heterocycles. The van der Waals surface area contributed by atoms with Crippen molar-refractivity contribution in [1.29, 1.82) is 0 Å². The zero-order valence-electron chi connectivity index (χ0n) is 13.4. The molecule has 1 aliphatic carbocycles. The van der Waals surface area contributed by atoms with Crippen LogP contribution in [-0.2, 0) is 0 Å². The summed E-state index contributed by atoms with van der Waals surface area (Å²) in [6, 6.07) is 4.46. The Kier molecular flexibility index (Phi) is 3.87. The van der Waals surface area contributed by atoms with Crippen molar-refractivity contribution < 1.29 is 0 Å². The van der Waals surface area contributed by atoms with Gasteiger partial charge in [0.2, 0.25) is 5.95 Å². The Morgan fingerprint density at radius 3 is 2.78 bits per heavy atom. The van der Waals surface area contributed by atoms with Crippen LogP contribution in [0.1, 0.15) is 37.3 Å². The van der Waals surface area contributed by atoms with Crippen molar-refractivity contribution in [3.63, 3.8) is 0 Å². The van der Waals surface area contributed by atoms with Crippen molar-refractivity contribution >= 4 is 17.6 Å². The first kappa shape index (κ1) is 14.4. The third-order valence-electron chi connectivity index (χ3n) is 4.69. The van der Waals surface area contributed by atoms with Crippen LogP contribution < -0.4 is 15.5 Å². The van der Waals surface area contributed by atoms with E-state index in [-0.39, 0.29) is 0 Å². The highest BCUT2D eigenvalue weighted by Crippen LogP contribution is 2.39. The number of hydrogen-bond acceptors (Lipinski definition) is 6. The molecule has 3 heterocycles. The van der Waals surface area contributed by atoms with E-state index < -0.39 is 0 Å². The molecule has 2 aromatic rings. The van der Waals surface area contributed by atoms with Crippen molar-refractivity contribution in [2.45, 2.75) is 37.6 Å². The molecule has 0 bridgehead atoms. The van der Waals surface area contributed by atoms with E-state index in [1.54, 1.807) is 6.20 Å². The van der Waals surface area contributed by atoms with Crippen molar-refractivity contribution in [2.75, 3.05) is 30.4 Å². The monoisotopic (exact) mass is 313 g/mol. The van der Waals surface area contributed by atoms with Gasteiger partial charge >= 0.3 is 0 Å². The molecule has 1 saturated heterocycles. The number of H-pyrrole nitrogens is 1. The summed E-state index contributed by atoms with van der Waals surface area (Å²) in [5, 5.41) is 14.1. The maximum atomic E-state index is 4.64. The molecule has 2 fully saturated rings. The predicted octanol–water partition coefficient (Wildman–Crippen LogP) is 2.01. The highest BCUT2D eigenvalue weighted by atomic mass is 15.3. The fourth-order valence-electron chi connectivity index (χ4n) is 3.08. The Balaban J connectivity index is 1.46. The zero-order chi connectivity index (χ0) is 15.6. The van der Waals surface area contributed by atoms with Crippen LogP contribution in [0.2, 0.25) is 0 Å². The minimum atomic E-state index is 0.498. The number of hydrogen-bond donors (Lipinski definition) is 3.